The Morgan fingerprint density at radius 2 is 2.16 bits per heavy atom. The number of rotatable bonds is 3. The maximum atomic E-state index is 13.0. The Labute approximate surface area is 141 Å². The number of benzene rings is 1. The SMILES string of the molecule is Cc1nc2cccc(CNC(=O)O)c2c(=O)n1C1CCC(=O)NC1=O. The number of piperidine rings is 1. The first-order valence-electron chi connectivity index (χ1n) is 7.69. The molecule has 0 spiro atoms. The van der Waals surface area contributed by atoms with Crippen molar-refractivity contribution in [3.8, 4) is 0 Å². The Morgan fingerprint density at radius 3 is 2.84 bits per heavy atom. The van der Waals surface area contributed by atoms with Gasteiger partial charge in [0.05, 0.1) is 10.9 Å². The minimum atomic E-state index is -1.21. The Bertz CT molecular complexity index is 949. The fourth-order valence-electron chi connectivity index (χ4n) is 3.04. The van der Waals surface area contributed by atoms with Crippen molar-refractivity contribution < 1.29 is 19.5 Å². The van der Waals surface area contributed by atoms with Crippen molar-refractivity contribution in [1.82, 2.24) is 20.2 Å². The van der Waals surface area contributed by atoms with Crippen LogP contribution < -0.4 is 16.2 Å². The highest BCUT2D eigenvalue weighted by atomic mass is 16.4. The third kappa shape index (κ3) is 3.08. The van der Waals surface area contributed by atoms with Crippen LogP contribution in [0, 0.1) is 6.92 Å². The van der Waals surface area contributed by atoms with Crippen molar-refractivity contribution in [3.05, 3.63) is 39.9 Å². The first-order chi connectivity index (χ1) is 11.9. The molecule has 1 aliphatic rings. The van der Waals surface area contributed by atoms with Gasteiger partial charge in [0, 0.05) is 13.0 Å². The maximum absolute atomic E-state index is 13.0. The summed E-state index contributed by atoms with van der Waals surface area (Å²) in [6.45, 7) is 1.56. The van der Waals surface area contributed by atoms with Gasteiger partial charge in [-0.25, -0.2) is 9.78 Å². The molecule has 2 aromatic rings. The third-order valence-electron chi connectivity index (χ3n) is 4.14. The van der Waals surface area contributed by atoms with Gasteiger partial charge < -0.3 is 10.4 Å². The smallest absolute Gasteiger partial charge is 0.404 e. The molecule has 0 bridgehead atoms. The summed E-state index contributed by atoms with van der Waals surface area (Å²) in [5, 5.41) is 13.5. The monoisotopic (exact) mass is 344 g/mol. The minimum absolute atomic E-state index is 0.0536. The van der Waals surface area contributed by atoms with E-state index < -0.39 is 23.6 Å². The molecule has 9 nitrogen and oxygen atoms in total. The van der Waals surface area contributed by atoms with E-state index in [1.807, 2.05) is 0 Å². The summed E-state index contributed by atoms with van der Waals surface area (Å²) in [5.41, 5.74) is 0.467. The number of hydrogen-bond donors (Lipinski definition) is 3. The largest absolute Gasteiger partial charge is 0.465 e. The van der Waals surface area contributed by atoms with Crippen molar-refractivity contribution >= 4 is 28.8 Å². The summed E-state index contributed by atoms with van der Waals surface area (Å²) in [5.74, 6) is -0.550. The lowest BCUT2D eigenvalue weighted by Gasteiger charge is -2.24. The lowest BCUT2D eigenvalue weighted by atomic mass is 10.0. The second-order valence-electron chi connectivity index (χ2n) is 5.77. The van der Waals surface area contributed by atoms with Crippen LogP contribution in [0.5, 0.6) is 0 Å². The number of carbonyl (C=O) groups is 3. The van der Waals surface area contributed by atoms with Crippen molar-refractivity contribution in [3.63, 3.8) is 0 Å². The Balaban J connectivity index is 2.15. The van der Waals surface area contributed by atoms with Gasteiger partial charge in [-0.2, -0.15) is 0 Å². The molecule has 3 N–H and O–H groups in total. The number of imide groups is 1. The zero-order chi connectivity index (χ0) is 18.1. The predicted octanol–water partition coefficient (Wildman–Crippen LogP) is 0.450. The van der Waals surface area contributed by atoms with E-state index in [1.165, 1.54) is 4.57 Å². The van der Waals surface area contributed by atoms with Crippen LogP contribution in [0.4, 0.5) is 4.79 Å². The number of nitrogens with one attached hydrogen (secondary N) is 2. The average Bonchev–Trinajstić information content (AvgIpc) is 2.54. The first kappa shape index (κ1) is 16.6. The van der Waals surface area contributed by atoms with Crippen LogP contribution in [0.2, 0.25) is 0 Å². The van der Waals surface area contributed by atoms with Gasteiger partial charge in [0.25, 0.3) is 5.56 Å². The number of fused-ring (bicyclic) bond motifs is 1. The highest BCUT2D eigenvalue weighted by Gasteiger charge is 2.30. The third-order valence-corrected chi connectivity index (χ3v) is 4.14. The highest BCUT2D eigenvalue weighted by Crippen LogP contribution is 2.21. The molecule has 25 heavy (non-hydrogen) atoms. The molecular weight excluding hydrogens is 328 g/mol. The molecular formula is C16H16N4O5. The van der Waals surface area contributed by atoms with E-state index in [0.717, 1.165) is 0 Å². The highest BCUT2D eigenvalue weighted by molar-refractivity contribution is 5.99. The number of nitrogens with zero attached hydrogens (tertiary/aromatic N) is 2. The summed E-state index contributed by atoms with van der Waals surface area (Å²) >= 11 is 0. The number of carboxylic acid groups (broad SMARTS) is 1. The molecule has 3 amide bonds. The second kappa shape index (κ2) is 6.34. The van der Waals surface area contributed by atoms with E-state index in [1.54, 1.807) is 25.1 Å². The van der Waals surface area contributed by atoms with Gasteiger partial charge in [0.2, 0.25) is 11.8 Å². The van der Waals surface area contributed by atoms with E-state index >= 15 is 0 Å². The lowest BCUT2D eigenvalue weighted by molar-refractivity contribution is -0.135. The maximum Gasteiger partial charge on any atom is 0.404 e. The summed E-state index contributed by atoms with van der Waals surface area (Å²) in [4.78, 5) is 51.6. The average molecular weight is 344 g/mol. The van der Waals surface area contributed by atoms with Crippen molar-refractivity contribution in [2.45, 2.75) is 32.4 Å². The summed E-state index contributed by atoms with van der Waals surface area (Å²) in [7, 11) is 0. The molecule has 130 valence electrons. The van der Waals surface area contributed by atoms with Gasteiger partial charge in [0.1, 0.15) is 11.9 Å². The van der Waals surface area contributed by atoms with Gasteiger partial charge in [0.15, 0.2) is 0 Å². The van der Waals surface area contributed by atoms with Gasteiger partial charge in [-0.1, -0.05) is 12.1 Å². The van der Waals surface area contributed by atoms with Gasteiger partial charge in [-0.15, -0.1) is 0 Å². The molecule has 2 heterocycles. The van der Waals surface area contributed by atoms with Gasteiger partial charge in [-0.3, -0.25) is 24.3 Å². The van der Waals surface area contributed by atoms with E-state index in [2.05, 4.69) is 15.6 Å². The van der Waals surface area contributed by atoms with Crippen LogP contribution in [-0.2, 0) is 16.1 Å². The molecule has 1 saturated heterocycles. The molecule has 1 fully saturated rings. The van der Waals surface area contributed by atoms with Crippen molar-refractivity contribution in [2.24, 2.45) is 0 Å². The summed E-state index contributed by atoms with van der Waals surface area (Å²) in [6, 6.07) is 4.15. The number of aromatic nitrogens is 2. The van der Waals surface area contributed by atoms with Crippen molar-refractivity contribution in [1.29, 1.82) is 0 Å². The van der Waals surface area contributed by atoms with Crippen LogP contribution in [0.1, 0.15) is 30.3 Å². The number of aryl methyl sites for hydroxylation is 1. The van der Waals surface area contributed by atoms with E-state index in [9.17, 15) is 19.2 Å². The van der Waals surface area contributed by atoms with Crippen LogP contribution in [0.3, 0.4) is 0 Å². The fourth-order valence-corrected chi connectivity index (χ4v) is 3.04. The second-order valence-corrected chi connectivity index (χ2v) is 5.77. The zero-order valence-electron chi connectivity index (χ0n) is 13.4. The number of amides is 3. The quantitative estimate of drug-likeness (QED) is 0.693. The fraction of sp³-hybridized carbons (Fsp3) is 0.312. The molecule has 1 aliphatic heterocycles. The lowest BCUT2D eigenvalue weighted by Crippen LogP contribution is -2.45. The molecule has 0 aliphatic carbocycles. The standard InChI is InChI=1S/C16H16N4O5/c1-8-18-10-4-2-3-9(7-17-16(24)25)13(10)15(23)20(8)11-5-6-12(21)19-14(11)22/h2-4,11,17H,5-7H2,1H3,(H,24,25)(H,19,21,22). The number of carbonyl (C=O) groups excluding carboxylic acids is 2. The number of hydrogen-bond acceptors (Lipinski definition) is 5. The molecule has 1 atom stereocenters. The Hall–Kier alpha value is -3.23. The molecule has 1 aromatic carbocycles. The van der Waals surface area contributed by atoms with Crippen molar-refractivity contribution in [2.75, 3.05) is 0 Å². The van der Waals surface area contributed by atoms with E-state index in [-0.39, 0.29) is 30.7 Å². The van der Waals surface area contributed by atoms with Crippen LogP contribution in [-0.4, -0.2) is 32.6 Å². The molecule has 3 rings (SSSR count). The Kier molecular flexibility index (Phi) is 4.22. The molecule has 0 radical (unpaired) electrons. The zero-order valence-corrected chi connectivity index (χ0v) is 13.4. The summed E-state index contributed by atoms with van der Waals surface area (Å²) in [6.07, 6.45) is -0.848. The topological polar surface area (TPSA) is 130 Å². The summed E-state index contributed by atoms with van der Waals surface area (Å²) < 4.78 is 1.27. The minimum Gasteiger partial charge on any atom is -0.465 e. The molecule has 1 aromatic heterocycles. The van der Waals surface area contributed by atoms with E-state index in [4.69, 9.17) is 5.11 Å². The first-order valence-corrected chi connectivity index (χ1v) is 7.69. The normalized spacial score (nSPS) is 17.4. The Morgan fingerprint density at radius 1 is 1.40 bits per heavy atom. The van der Waals surface area contributed by atoms with Crippen LogP contribution in [0.25, 0.3) is 10.9 Å². The molecule has 0 saturated carbocycles. The van der Waals surface area contributed by atoms with Crippen LogP contribution >= 0.6 is 0 Å². The molecule has 9 heteroatoms. The van der Waals surface area contributed by atoms with Crippen LogP contribution in [0.15, 0.2) is 23.0 Å². The molecule has 1 unspecified atom stereocenters. The van der Waals surface area contributed by atoms with Gasteiger partial charge >= 0.3 is 6.09 Å². The predicted molar refractivity (Wildman–Crippen MR) is 87.0 cm³/mol. The van der Waals surface area contributed by atoms with Gasteiger partial charge in [-0.05, 0) is 25.0 Å². The van der Waals surface area contributed by atoms with E-state index in [0.29, 0.717) is 16.9 Å².